The van der Waals surface area contributed by atoms with Gasteiger partial charge in [-0.1, -0.05) is 101 Å². The van der Waals surface area contributed by atoms with Crippen LogP contribution in [0.2, 0.25) is 0 Å². The molecule has 0 nitrogen and oxygen atoms in total. The van der Waals surface area contributed by atoms with Gasteiger partial charge < -0.3 is 0 Å². The van der Waals surface area contributed by atoms with E-state index in [1.807, 2.05) is 0 Å². The van der Waals surface area contributed by atoms with Gasteiger partial charge >= 0.3 is 0 Å². The zero-order valence-corrected chi connectivity index (χ0v) is 16.4. The number of allylic oxidation sites excluding steroid dienone is 1. The summed E-state index contributed by atoms with van der Waals surface area (Å²) in [4.78, 5) is 0. The molecule has 0 aromatic heterocycles. The van der Waals surface area contributed by atoms with E-state index in [1.54, 1.807) is 5.30 Å². The fourth-order valence-electron chi connectivity index (χ4n) is 4.12. The molecule has 0 heterocycles. The Kier molecular flexibility index (Phi) is 5.05. The highest BCUT2D eigenvalue weighted by Gasteiger charge is 2.29. The van der Waals surface area contributed by atoms with Gasteiger partial charge in [0.2, 0.25) is 0 Å². The van der Waals surface area contributed by atoms with Gasteiger partial charge in [-0.25, -0.2) is 0 Å². The number of rotatable bonds is 5. The van der Waals surface area contributed by atoms with Gasteiger partial charge in [0.15, 0.2) is 0 Å². The van der Waals surface area contributed by atoms with Gasteiger partial charge in [0.05, 0.1) is 0 Å². The van der Waals surface area contributed by atoms with Crippen molar-refractivity contribution in [3.8, 4) is 0 Å². The molecule has 1 unspecified atom stereocenters. The molecule has 3 aromatic carbocycles. The Balaban J connectivity index is 1.90. The average Bonchev–Trinajstić information content (AvgIpc) is 3.09. The molecular formula is C25H25P. The van der Waals surface area contributed by atoms with Crippen molar-refractivity contribution in [2.24, 2.45) is 0 Å². The topological polar surface area (TPSA) is 0 Å². The monoisotopic (exact) mass is 356 g/mol. The summed E-state index contributed by atoms with van der Waals surface area (Å²) >= 11 is 0. The maximum absolute atomic E-state index is 2.40. The largest absolute Gasteiger partial charge is 0.0755 e. The quantitative estimate of drug-likeness (QED) is 0.457. The third-order valence-corrected chi connectivity index (χ3v) is 8.00. The van der Waals surface area contributed by atoms with Crippen LogP contribution in [-0.2, 0) is 0 Å². The van der Waals surface area contributed by atoms with Crippen molar-refractivity contribution >= 4 is 24.9 Å². The molecule has 0 radical (unpaired) electrons. The standard InChI is InChI=1S/C25H25P/c1-3-26(4-2)24-17-11-10-16-22(24)25-21-15-9-8-14-20(21)18-23(25)19-12-6-5-7-13-19/h5-18,25H,3-4H2,1-2H3. The average molecular weight is 356 g/mol. The van der Waals surface area contributed by atoms with Crippen LogP contribution in [0.5, 0.6) is 0 Å². The Labute approximate surface area is 158 Å². The minimum absolute atomic E-state index is 0.0927. The van der Waals surface area contributed by atoms with Crippen molar-refractivity contribution in [2.75, 3.05) is 12.3 Å². The number of fused-ring (bicyclic) bond motifs is 1. The van der Waals surface area contributed by atoms with Gasteiger partial charge in [0.25, 0.3) is 0 Å². The van der Waals surface area contributed by atoms with E-state index in [4.69, 9.17) is 0 Å². The van der Waals surface area contributed by atoms with Crippen LogP contribution in [0.1, 0.15) is 42.0 Å². The van der Waals surface area contributed by atoms with E-state index in [1.165, 1.54) is 40.2 Å². The van der Waals surface area contributed by atoms with E-state index in [9.17, 15) is 0 Å². The SMILES string of the molecule is CCP(CC)c1ccccc1C1C(c2ccccc2)=Cc2ccccc21. The molecule has 0 bridgehead atoms. The number of hydrogen-bond donors (Lipinski definition) is 0. The molecule has 0 saturated heterocycles. The molecular weight excluding hydrogens is 331 g/mol. The van der Waals surface area contributed by atoms with Crippen LogP contribution < -0.4 is 5.30 Å². The van der Waals surface area contributed by atoms with Gasteiger partial charge in [-0.2, -0.15) is 0 Å². The van der Waals surface area contributed by atoms with Crippen LogP contribution in [0.15, 0.2) is 78.9 Å². The lowest BCUT2D eigenvalue weighted by Gasteiger charge is -2.25. The second kappa shape index (κ2) is 7.60. The highest BCUT2D eigenvalue weighted by atomic mass is 31.1. The fraction of sp³-hybridized carbons (Fsp3) is 0.200. The van der Waals surface area contributed by atoms with Gasteiger partial charge in [-0.05, 0) is 51.5 Å². The van der Waals surface area contributed by atoms with Crippen molar-refractivity contribution in [3.63, 3.8) is 0 Å². The summed E-state index contributed by atoms with van der Waals surface area (Å²) < 4.78 is 0. The fourth-order valence-corrected chi connectivity index (χ4v) is 6.12. The van der Waals surface area contributed by atoms with Gasteiger partial charge in [-0.3, -0.25) is 0 Å². The molecule has 0 spiro atoms. The zero-order valence-electron chi connectivity index (χ0n) is 15.5. The maximum atomic E-state index is 2.40. The van der Waals surface area contributed by atoms with Crippen LogP contribution in [0.4, 0.5) is 0 Å². The predicted molar refractivity (Wildman–Crippen MR) is 117 cm³/mol. The third-order valence-electron chi connectivity index (χ3n) is 5.39. The molecule has 1 aliphatic rings. The molecule has 26 heavy (non-hydrogen) atoms. The Morgan fingerprint density at radius 1 is 0.692 bits per heavy atom. The van der Waals surface area contributed by atoms with Gasteiger partial charge in [0.1, 0.15) is 0 Å². The normalized spacial score (nSPS) is 15.8. The first-order valence-electron chi connectivity index (χ1n) is 9.53. The molecule has 1 heteroatoms. The highest BCUT2D eigenvalue weighted by molar-refractivity contribution is 7.65. The van der Waals surface area contributed by atoms with Gasteiger partial charge in [0, 0.05) is 5.92 Å². The van der Waals surface area contributed by atoms with E-state index in [0.29, 0.717) is 5.92 Å². The summed E-state index contributed by atoms with van der Waals surface area (Å²) in [5.41, 5.74) is 7.08. The minimum Gasteiger partial charge on any atom is -0.0755 e. The van der Waals surface area contributed by atoms with Crippen molar-refractivity contribution in [1.29, 1.82) is 0 Å². The second-order valence-corrected chi connectivity index (χ2v) is 9.59. The summed E-state index contributed by atoms with van der Waals surface area (Å²) in [6.45, 7) is 4.67. The maximum Gasteiger partial charge on any atom is 0.0358 e. The number of benzene rings is 3. The van der Waals surface area contributed by atoms with Crippen molar-refractivity contribution < 1.29 is 0 Å². The molecule has 0 N–H and O–H groups in total. The first-order chi connectivity index (χ1) is 12.8. The third kappa shape index (κ3) is 3.04. The van der Waals surface area contributed by atoms with Crippen LogP contribution in [0, 0.1) is 0 Å². The van der Waals surface area contributed by atoms with E-state index in [-0.39, 0.29) is 7.92 Å². The van der Waals surface area contributed by atoms with E-state index in [0.717, 1.165) is 0 Å². The molecule has 0 amide bonds. The van der Waals surface area contributed by atoms with Gasteiger partial charge in [-0.15, -0.1) is 0 Å². The molecule has 1 atom stereocenters. The zero-order chi connectivity index (χ0) is 17.9. The van der Waals surface area contributed by atoms with Crippen LogP contribution in [0.25, 0.3) is 11.6 Å². The summed E-state index contributed by atoms with van der Waals surface area (Å²) in [6.07, 6.45) is 4.90. The smallest absolute Gasteiger partial charge is 0.0358 e. The highest BCUT2D eigenvalue weighted by Crippen LogP contribution is 2.47. The Morgan fingerprint density at radius 3 is 2.04 bits per heavy atom. The van der Waals surface area contributed by atoms with Crippen LogP contribution in [-0.4, -0.2) is 12.3 Å². The molecule has 4 rings (SSSR count). The lowest BCUT2D eigenvalue weighted by molar-refractivity contribution is 1.08. The first-order valence-corrected chi connectivity index (χ1v) is 11.2. The summed E-state index contributed by atoms with van der Waals surface area (Å²) in [5, 5.41) is 1.58. The van der Waals surface area contributed by atoms with Crippen molar-refractivity contribution in [3.05, 3.63) is 101 Å². The van der Waals surface area contributed by atoms with E-state index in [2.05, 4.69) is 98.8 Å². The molecule has 3 aromatic rings. The van der Waals surface area contributed by atoms with Crippen LogP contribution >= 0.6 is 7.92 Å². The molecule has 130 valence electrons. The molecule has 1 aliphatic carbocycles. The Hall–Kier alpha value is -2.17. The molecule has 0 fully saturated rings. The van der Waals surface area contributed by atoms with E-state index < -0.39 is 0 Å². The van der Waals surface area contributed by atoms with Crippen molar-refractivity contribution in [2.45, 2.75) is 19.8 Å². The van der Waals surface area contributed by atoms with Crippen LogP contribution in [0.3, 0.4) is 0 Å². The predicted octanol–water partition coefficient (Wildman–Crippen LogP) is 6.52. The summed E-state index contributed by atoms with van der Waals surface area (Å²) in [6, 6.07) is 28.9. The number of hydrogen-bond acceptors (Lipinski definition) is 0. The lowest BCUT2D eigenvalue weighted by Crippen LogP contribution is -2.15. The summed E-state index contributed by atoms with van der Waals surface area (Å²) in [5.74, 6) is 0.341. The Bertz CT molecular complexity index is 920. The summed E-state index contributed by atoms with van der Waals surface area (Å²) in [7, 11) is -0.0927. The first kappa shape index (κ1) is 17.3. The molecule has 0 aliphatic heterocycles. The van der Waals surface area contributed by atoms with Crippen molar-refractivity contribution in [1.82, 2.24) is 0 Å². The Morgan fingerprint density at radius 2 is 1.31 bits per heavy atom. The second-order valence-electron chi connectivity index (χ2n) is 6.76. The van der Waals surface area contributed by atoms with E-state index >= 15 is 0 Å². The minimum atomic E-state index is -0.0927. The lowest BCUT2D eigenvalue weighted by atomic mass is 9.85. The molecule has 0 saturated carbocycles.